The van der Waals surface area contributed by atoms with E-state index in [0.717, 1.165) is 23.9 Å². The number of nitrogens with one attached hydrogen (secondary N) is 1. The van der Waals surface area contributed by atoms with Crippen LogP contribution in [0.25, 0.3) is 11.3 Å². The first-order valence-corrected chi connectivity index (χ1v) is 11.7. The number of pyridine rings is 2. The van der Waals surface area contributed by atoms with E-state index in [2.05, 4.69) is 30.2 Å². The fourth-order valence-electron chi connectivity index (χ4n) is 3.23. The molecule has 0 radical (unpaired) electrons. The smallest absolute Gasteiger partial charge is 0.306 e. The zero-order valence-corrected chi connectivity index (χ0v) is 20.3. The summed E-state index contributed by atoms with van der Waals surface area (Å²) in [6, 6.07) is 5.02. The molecule has 1 atom stereocenters. The van der Waals surface area contributed by atoms with Crippen molar-refractivity contribution in [2.75, 3.05) is 5.32 Å². The Morgan fingerprint density at radius 1 is 1.11 bits per heavy atom. The number of aromatic nitrogens is 5. The van der Waals surface area contributed by atoms with Crippen LogP contribution >= 0.6 is 22.9 Å². The second-order valence-corrected chi connectivity index (χ2v) is 9.19. The van der Waals surface area contributed by atoms with Gasteiger partial charge in [0.1, 0.15) is 22.7 Å². The van der Waals surface area contributed by atoms with Crippen LogP contribution < -0.4 is 5.32 Å². The molecule has 0 aliphatic rings. The second-order valence-electron chi connectivity index (χ2n) is 7.72. The van der Waals surface area contributed by atoms with E-state index in [4.69, 9.17) is 11.6 Å². The molecule has 0 saturated carbocycles. The molecule has 4 aromatic heterocycles. The maximum Gasteiger partial charge on any atom is 0.418 e. The zero-order valence-electron chi connectivity index (χ0n) is 18.8. The molecule has 1 unspecified atom stereocenters. The van der Waals surface area contributed by atoms with Gasteiger partial charge in [0.15, 0.2) is 5.78 Å². The van der Waals surface area contributed by atoms with Gasteiger partial charge in [-0.3, -0.25) is 9.59 Å². The molecule has 0 aliphatic carbocycles. The van der Waals surface area contributed by atoms with Crippen molar-refractivity contribution in [3.05, 3.63) is 81.3 Å². The van der Waals surface area contributed by atoms with Crippen LogP contribution in [0.2, 0.25) is 5.02 Å². The summed E-state index contributed by atoms with van der Waals surface area (Å²) in [5.41, 5.74) is -0.728. The molecule has 0 fully saturated rings. The van der Waals surface area contributed by atoms with Gasteiger partial charge in [-0.2, -0.15) is 17.6 Å². The van der Waals surface area contributed by atoms with E-state index in [1.54, 1.807) is 13.0 Å². The highest BCUT2D eigenvalue weighted by Gasteiger charge is 2.34. The second kappa shape index (κ2) is 10.6. The van der Waals surface area contributed by atoms with Crippen molar-refractivity contribution in [1.29, 1.82) is 0 Å². The molecule has 0 aliphatic heterocycles. The summed E-state index contributed by atoms with van der Waals surface area (Å²) < 4.78 is 53.1. The topological polar surface area (TPSA) is 111 Å². The van der Waals surface area contributed by atoms with Gasteiger partial charge in [0.2, 0.25) is 5.95 Å². The molecular weight excluding hydrogens is 536 g/mol. The van der Waals surface area contributed by atoms with Gasteiger partial charge >= 0.3 is 6.18 Å². The van der Waals surface area contributed by atoms with E-state index in [0.29, 0.717) is 11.1 Å². The molecule has 8 nitrogen and oxygen atoms in total. The van der Waals surface area contributed by atoms with Crippen LogP contribution in [0.4, 0.5) is 23.4 Å². The molecule has 4 rings (SSSR count). The Kier molecular flexibility index (Phi) is 7.55. The molecular formula is C23H15ClF4N6O2S. The van der Waals surface area contributed by atoms with Crippen LogP contribution in [0.3, 0.4) is 0 Å². The molecule has 190 valence electrons. The lowest BCUT2D eigenvalue weighted by Crippen LogP contribution is -2.13. The summed E-state index contributed by atoms with van der Waals surface area (Å²) in [5, 5.41) is 2.14. The van der Waals surface area contributed by atoms with Gasteiger partial charge in [0.25, 0.3) is 5.91 Å². The van der Waals surface area contributed by atoms with E-state index in [9.17, 15) is 27.2 Å². The lowest BCUT2D eigenvalue weighted by molar-refractivity contribution is -0.137. The third kappa shape index (κ3) is 6.12. The SMILES string of the molecule is CC(CC(=O)c1cc(-c2cccnc2F)ncn1)c1ncc(C(=O)Nc2cc(C(F)(F)F)c(Cl)cn2)s1. The van der Waals surface area contributed by atoms with Gasteiger partial charge in [-0.05, 0) is 24.3 Å². The number of rotatable bonds is 7. The molecule has 0 spiro atoms. The number of nitrogens with zero attached hydrogens (tertiary/aromatic N) is 5. The molecule has 0 saturated heterocycles. The number of anilines is 1. The summed E-state index contributed by atoms with van der Waals surface area (Å²) in [6.45, 7) is 1.72. The molecule has 4 aromatic rings. The lowest BCUT2D eigenvalue weighted by atomic mass is 10.0. The van der Waals surface area contributed by atoms with Gasteiger partial charge in [-0.15, -0.1) is 11.3 Å². The Labute approximate surface area is 215 Å². The Hall–Kier alpha value is -3.84. The van der Waals surface area contributed by atoms with Gasteiger partial charge in [-0.1, -0.05) is 18.5 Å². The summed E-state index contributed by atoms with van der Waals surface area (Å²) in [5.74, 6) is -2.55. The fraction of sp³-hybridized carbons (Fsp3) is 0.174. The normalized spacial score (nSPS) is 12.3. The summed E-state index contributed by atoms with van der Waals surface area (Å²) >= 11 is 6.53. The van der Waals surface area contributed by atoms with Crippen LogP contribution in [0.15, 0.2) is 49.2 Å². The van der Waals surface area contributed by atoms with Gasteiger partial charge in [0.05, 0.1) is 33.0 Å². The molecule has 1 N–H and O–H groups in total. The summed E-state index contributed by atoms with van der Waals surface area (Å²) in [7, 11) is 0. The van der Waals surface area contributed by atoms with Crippen molar-refractivity contribution < 1.29 is 27.2 Å². The fourth-order valence-corrected chi connectivity index (χ4v) is 4.30. The number of alkyl halides is 3. The standard InChI is InChI=1S/C23H15ClF4N6O2S/c1-11(5-17(35)16-7-15(32-10-33-16)12-3-2-4-29-20(12)25)22-31-9-18(37-22)21(36)34-19-6-13(23(26,27)28)14(24)8-30-19/h2-4,6-11H,5H2,1H3,(H,30,34,36). The Balaban J connectivity index is 1.44. The van der Waals surface area contributed by atoms with Crippen molar-refractivity contribution in [2.45, 2.75) is 25.4 Å². The van der Waals surface area contributed by atoms with Gasteiger partial charge < -0.3 is 5.32 Å². The first kappa shape index (κ1) is 26.2. The summed E-state index contributed by atoms with van der Waals surface area (Å²) in [6.07, 6.45) is -0.232. The molecule has 37 heavy (non-hydrogen) atoms. The molecule has 4 heterocycles. The van der Waals surface area contributed by atoms with Crippen LogP contribution in [-0.2, 0) is 6.18 Å². The van der Waals surface area contributed by atoms with Crippen LogP contribution in [0, 0.1) is 5.95 Å². The van der Waals surface area contributed by atoms with Gasteiger partial charge in [-0.25, -0.2) is 24.9 Å². The monoisotopic (exact) mass is 550 g/mol. The Morgan fingerprint density at radius 3 is 2.62 bits per heavy atom. The minimum Gasteiger partial charge on any atom is -0.306 e. The highest BCUT2D eigenvalue weighted by atomic mass is 35.5. The van der Waals surface area contributed by atoms with Crippen LogP contribution in [0.5, 0.6) is 0 Å². The van der Waals surface area contributed by atoms with E-state index < -0.39 is 34.5 Å². The van der Waals surface area contributed by atoms with Crippen LogP contribution in [-0.4, -0.2) is 36.6 Å². The molecule has 0 aromatic carbocycles. The third-order valence-electron chi connectivity index (χ3n) is 5.05. The van der Waals surface area contributed by atoms with E-state index in [1.807, 2.05) is 0 Å². The average Bonchev–Trinajstić information content (AvgIpc) is 3.36. The highest BCUT2D eigenvalue weighted by Crippen LogP contribution is 2.35. The lowest BCUT2D eigenvalue weighted by Gasteiger charge is -2.10. The molecule has 14 heteroatoms. The number of thiazole rings is 1. The minimum absolute atomic E-state index is 0.0196. The van der Waals surface area contributed by atoms with Gasteiger partial charge in [0, 0.05) is 24.7 Å². The number of amides is 1. The number of halogens is 5. The maximum atomic E-state index is 14.0. The van der Waals surface area contributed by atoms with E-state index in [-0.39, 0.29) is 39.9 Å². The quantitative estimate of drug-likeness (QED) is 0.175. The first-order valence-electron chi connectivity index (χ1n) is 10.5. The summed E-state index contributed by atoms with van der Waals surface area (Å²) in [4.78, 5) is 44.8. The number of hydrogen-bond donors (Lipinski definition) is 1. The maximum absolute atomic E-state index is 14.0. The number of hydrogen-bond acceptors (Lipinski definition) is 8. The van der Waals surface area contributed by atoms with E-state index in [1.165, 1.54) is 24.5 Å². The number of Topliss-reactive ketones (excluding diaryl/α,β-unsaturated/α-hetero) is 1. The number of carbonyl (C=O) groups is 2. The first-order chi connectivity index (χ1) is 17.5. The van der Waals surface area contributed by atoms with Crippen molar-refractivity contribution >= 4 is 40.4 Å². The predicted molar refractivity (Wildman–Crippen MR) is 127 cm³/mol. The average molecular weight is 551 g/mol. The molecule has 1 amide bonds. The zero-order chi connectivity index (χ0) is 26.7. The predicted octanol–water partition coefficient (Wildman–Crippen LogP) is 5.83. The van der Waals surface area contributed by atoms with Crippen molar-refractivity contribution in [1.82, 2.24) is 24.9 Å². The number of ketones is 1. The Morgan fingerprint density at radius 2 is 1.89 bits per heavy atom. The largest absolute Gasteiger partial charge is 0.418 e. The van der Waals surface area contributed by atoms with Crippen molar-refractivity contribution in [3.8, 4) is 11.3 Å². The Bertz CT molecular complexity index is 1480. The molecule has 0 bridgehead atoms. The van der Waals surface area contributed by atoms with E-state index >= 15 is 0 Å². The third-order valence-corrected chi connectivity index (χ3v) is 6.58. The highest BCUT2D eigenvalue weighted by molar-refractivity contribution is 7.13. The van der Waals surface area contributed by atoms with Crippen molar-refractivity contribution in [2.24, 2.45) is 0 Å². The van der Waals surface area contributed by atoms with Crippen LogP contribution in [0.1, 0.15) is 50.0 Å². The number of carbonyl (C=O) groups excluding carboxylic acids is 2. The minimum atomic E-state index is -4.71. The van der Waals surface area contributed by atoms with Crippen molar-refractivity contribution in [3.63, 3.8) is 0 Å².